The number of rotatable bonds is 6. The van der Waals surface area contributed by atoms with Gasteiger partial charge in [-0.15, -0.1) is 11.8 Å². The molecule has 2 heterocycles. The van der Waals surface area contributed by atoms with Crippen molar-refractivity contribution in [1.82, 2.24) is 9.97 Å². The lowest BCUT2D eigenvalue weighted by atomic mass is 10.3. The fraction of sp³-hybridized carbons (Fsp3) is 0.188. The number of ether oxygens (including phenoxy) is 1. The fourth-order valence-electron chi connectivity index (χ4n) is 2.03. The molecule has 2 aromatic heterocycles. The first-order valence-electron chi connectivity index (χ1n) is 6.97. The van der Waals surface area contributed by atoms with Gasteiger partial charge in [-0.05, 0) is 24.3 Å². The highest BCUT2D eigenvalue weighted by atomic mass is 32.2. The zero-order valence-electron chi connectivity index (χ0n) is 12.5. The maximum absolute atomic E-state index is 12.0. The molecule has 1 amide bonds. The van der Waals surface area contributed by atoms with E-state index in [2.05, 4.69) is 15.3 Å². The van der Waals surface area contributed by atoms with E-state index in [-0.39, 0.29) is 5.91 Å². The van der Waals surface area contributed by atoms with E-state index in [0.29, 0.717) is 22.4 Å². The Hall–Kier alpha value is -2.12. The van der Waals surface area contributed by atoms with E-state index in [1.54, 1.807) is 13.3 Å². The number of hydrogen-bond acceptors (Lipinski definition) is 6. The van der Waals surface area contributed by atoms with Crippen LogP contribution in [0.3, 0.4) is 0 Å². The van der Waals surface area contributed by atoms with Crippen molar-refractivity contribution in [2.75, 3.05) is 18.2 Å². The molecule has 1 N–H and O–H groups in total. The number of methoxy groups -OCH3 is 1. The van der Waals surface area contributed by atoms with Gasteiger partial charge in [0.05, 0.1) is 23.3 Å². The number of nitrogens with zero attached hydrogens (tertiary/aromatic N) is 2. The smallest absolute Gasteiger partial charge is 0.236 e. The molecule has 7 heteroatoms. The van der Waals surface area contributed by atoms with Gasteiger partial charge >= 0.3 is 0 Å². The third-order valence-corrected chi connectivity index (χ3v) is 4.96. The van der Waals surface area contributed by atoms with Crippen LogP contribution < -0.4 is 10.1 Å². The summed E-state index contributed by atoms with van der Waals surface area (Å²) >= 11 is 2.97. The normalized spacial score (nSPS) is 10.7. The van der Waals surface area contributed by atoms with Crippen molar-refractivity contribution in [2.24, 2.45) is 0 Å². The van der Waals surface area contributed by atoms with Gasteiger partial charge in [-0.2, -0.15) is 0 Å². The predicted molar refractivity (Wildman–Crippen MR) is 95.2 cm³/mol. The number of thiazole rings is 1. The number of thioether (sulfide) groups is 1. The van der Waals surface area contributed by atoms with Gasteiger partial charge in [0.25, 0.3) is 0 Å². The van der Waals surface area contributed by atoms with Gasteiger partial charge in [0.1, 0.15) is 11.3 Å². The fourth-order valence-corrected chi connectivity index (χ4v) is 3.67. The number of amides is 1. The van der Waals surface area contributed by atoms with Crippen LogP contribution in [0.4, 0.5) is 5.13 Å². The lowest BCUT2D eigenvalue weighted by Crippen LogP contribution is -2.13. The molecule has 3 rings (SSSR count). The molecule has 0 spiro atoms. The van der Waals surface area contributed by atoms with E-state index in [1.165, 1.54) is 23.1 Å². The summed E-state index contributed by atoms with van der Waals surface area (Å²) in [4.78, 5) is 20.7. The van der Waals surface area contributed by atoms with Crippen LogP contribution in [0.15, 0.2) is 42.6 Å². The van der Waals surface area contributed by atoms with E-state index in [4.69, 9.17) is 4.74 Å². The van der Waals surface area contributed by atoms with Gasteiger partial charge in [0.2, 0.25) is 5.91 Å². The summed E-state index contributed by atoms with van der Waals surface area (Å²) in [6.07, 6.45) is 1.75. The Morgan fingerprint density at radius 3 is 3.00 bits per heavy atom. The topological polar surface area (TPSA) is 64.1 Å². The lowest BCUT2D eigenvalue weighted by Gasteiger charge is -2.01. The van der Waals surface area contributed by atoms with Crippen LogP contribution in [0.1, 0.15) is 5.69 Å². The molecule has 23 heavy (non-hydrogen) atoms. The second-order valence-electron chi connectivity index (χ2n) is 4.69. The SMILES string of the molecule is COc1cccc2sc(NC(=O)CSCc3ccccn3)nc12. The van der Waals surface area contributed by atoms with E-state index >= 15 is 0 Å². The number of para-hydroxylation sites is 1. The number of pyridine rings is 1. The Morgan fingerprint density at radius 2 is 2.22 bits per heavy atom. The van der Waals surface area contributed by atoms with Crippen LogP contribution in [0.5, 0.6) is 5.75 Å². The van der Waals surface area contributed by atoms with Crippen LogP contribution in [-0.2, 0) is 10.5 Å². The highest BCUT2D eigenvalue weighted by Gasteiger charge is 2.11. The molecule has 5 nitrogen and oxygen atoms in total. The Balaban J connectivity index is 1.57. The second kappa shape index (κ2) is 7.43. The second-order valence-corrected chi connectivity index (χ2v) is 6.70. The number of carbonyl (C=O) groups is 1. The van der Waals surface area contributed by atoms with Crippen LogP contribution in [0.25, 0.3) is 10.2 Å². The van der Waals surface area contributed by atoms with Gasteiger partial charge in [-0.3, -0.25) is 9.78 Å². The molecular weight excluding hydrogens is 330 g/mol. The number of fused-ring (bicyclic) bond motifs is 1. The molecule has 1 aromatic carbocycles. The monoisotopic (exact) mass is 345 g/mol. The minimum absolute atomic E-state index is 0.0658. The highest BCUT2D eigenvalue weighted by molar-refractivity contribution is 7.99. The van der Waals surface area contributed by atoms with E-state index < -0.39 is 0 Å². The molecule has 3 aromatic rings. The molecule has 0 radical (unpaired) electrons. The van der Waals surface area contributed by atoms with Crippen LogP contribution in [0.2, 0.25) is 0 Å². The number of nitrogens with one attached hydrogen (secondary N) is 1. The summed E-state index contributed by atoms with van der Waals surface area (Å²) in [6, 6.07) is 11.5. The number of anilines is 1. The summed E-state index contributed by atoms with van der Waals surface area (Å²) in [6.45, 7) is 0. The zero-order chi connectivity index (χ0) is 16.1. The molecule has 118 valence electrons. The maximum Gasteiger partial charge on any atom is 0.236 e. The Labute approximate surface area is 142 Å². The van der Waals surface area contributed by atoms with Gasteiger partial charge < -0.3 is 10.1 Å². The number of aromatic nitrogens is 2. The summed E-state index contributed by atoms with van der Waals surface area (Å²) in [5.41, 5.74) is 1.74. The van der Waals surface area contributed by atoms with Crippen molar-refractivity contribution in [3.05, 3.63) is 48.3 Å². The van der Waals surface area contributed by atoms with Gasteiger partial charge in [-0.1, -0.05) is 23.5 Å². The largest absolute Gasteiger partial charge is 0.494 e. The molecule has 0 saturated heterocycles. The first kappa shape index (κ1) is 15.8. The Morgan fingerprint density at radius 1 is 1.30 bits per heavy atom. The van der Waals surface area contributed by atoms with Gasteiger partial charge in [-0.25, -0.2) is 4.98 Å². The molecule has 0 saturated carbocycles. The van der Waals surface area contributed by atoms with Crippen molar-refractivity contribution in [3.63, 3.8) is 0 Å². The minimum Gasteiger partial charge on any atom is -0.494 e. The first-order chi connectivity index (χ1) is 11.3. The maximum atomic E-state index is 12.0. The zero-order valence-corrected chi connectivity index (χ0v) is 14.1. The average Bonchev–Trinajstić information content (AvgIpc) is 2.98. The number of benzene rings is 1. The first-order valence-corrected chi connectivity index (χ1v) is 8.94. The summed E-state index contributed by atoms with van der Waals surface area (Å²) in [7, 11) is 1.61. The molecule has 0 aliphatic rings. The van der Waals surface area contributed by atoms with Crippen molar-refractivity contribution in [3.8, 4) is 5.75 Å². The van der Waals surface area contributed by atoms with E-state index in [9.17, 15) is 4.79 Å². The molecule has 0 fully saturated rings. The highest BCUT2D eigenvalue weighted by Crippen LogP contribution is 2.32. The molecule has 0 bridgehead atoms. The van der Waals surface area contributed by atoms with Crippen molar-refractivity contribution in [1.29, 1.82) is 0 Å². The Bertz CT molecular complexity index is 805. The van der Waals surface area contributed by atoms with Gasteiger partial charge in [0, 0.05) is 11.9 Å². The summed E-state index contributed by atoms with van der Waals surface area (Å²) < 4.78 is 6.27. The summed E-state index contributed by atoms with van der Waals surface area (Å²) in [5.74, 6) is 1.72. The minimum atomic E-state index is -0.0658. The third kappa shape index (κ3) is 4.00. The standard InChI is InChI=1S/C16H15N3O2S2/c1-21-12-6-4-7-13-15(12)19-16(23-13)18-14(20)10-22-9-11-5-2-3-8-17-11/h2-8H,9-10H2,1H3,(H,18,19,20). The average molecular weight is 345 g/mol. The predicted octanol–water partition coefficient (Wildman–Crippen LogP) is 3.57. The van der Waals surface area contributed by atoms with Crippen molar-refractivity contribution < 1.29 is 9.53 Å². The molecular formula is C16H15N3O2S2. The van der Waals surface area contributed by atoms with Crippen molar-refractivity contribution in [2.45, 2.75) is 5.75 Å². The molecule has 0 unspecified atom stereocenters. The van der Waals surface area contributed by atoms with Crippen LogP contribution in [0, 0.1) is 0 Å². The Kier molecular flexibility index (Phi) is 5.09. The van der Waals surface area contributed by atoms with Crippen LogP contribution in [-0.4, -0.2) is 28.7 Å². The van der Waals surface area contributed by atoms with Gasteiger partial charge in [0.15, 0.2) is 5.13 Å². The van der Waals surface area contributed by atoms with Crippen molar-refractivity contribution >= 4 is 44.4 Å². The number of hydrogen-bond donors (Lipinski definition) is 1. The lowest BCUT2D eigenvalue weighted by molar-refractivity contribution is -0.113. The number of carbonyl (C=O) groups excluding carboxylic acids is 1. The summed E-state index contributed by atoms with van der Waals surface area (Å²) in [5, 5.41) is 3.43. The van der Waals surface area contributed by atoms with E-state index in [0.717, 1.165) is 15.9 Å². The molecule has 0 aliphatic heterocycles. The molecule has 0 atom stereocenters. The molecule has 0 aliphatic carbocycles. The van der Waals surface area contributed by atoms with Crippen LogP contribution >= 0.6 is 23.1 Å². The van der Waals surface area contributed by atoms with E-state index in [1.807, 2.05) is 36.4 Å². The third-order valence-electron chi connectivity index (χ3n) is 3.06. The quantitative estimate of drug-likeness (QED) is 0.740.